The van der Waals surface area contributed by atoms with Crippen LogP contribution in [-0.2, 0) is 11.2 Å². The van der Waals surface area contributed by atoms with Crippen molar-refractivity contribution in [2.24, 2.45) is 0 Å². The van der Waals surface area contributed by atoms with E-state index in [1.165, 1.54) is 36.4 Å². The Morgan fingerprint density at radius 1 is 0.935 bits per heavy atom. The number of urea groups is 1. The van der Waals surface area contributed by atoms with E-state index in [1.54, 1.807) is 5.38 Å². The van der Waals surface area contributed by atoms with Gasteiger partial charge in [-0.05, 0) is 48.5 Å². The highest BCUT2D eigenvalue weighted by Crippen LogP contribution is 2.24. The van der Waals surface area contributed by atoms with Crippen LogP contribution in [-0.4, -0.2) is 23.3 Å². The Kier molecular flexibility index (Phi) is 6.70. The summed E-state index contributed by atoms with van der Waals surface area (Å²) < 4.78 is 53.1. The van der Waals surface area contributed by atoms with Gasteiger partial charge in [0.25, 0.3) is 0 Å². The number of amides is 3. The first-order chi connectivity index (χ1) is 14.7. The fraction of sp³-hybridized carbons (Fsp3) is 0.105. The lowest BCUT2D eigenvalue weighted by Crippen LogP contribution is -2.19. The monoisotopic (exact) mass is 454 g/mol. The number of nitrogens with zero attached hydrogens (tertiary/aromatic N) is 1. The van der Waals surface area contributed by atoms with Crippen molar-refractivity contribution in [2.75, 3.05) is 16.0 Å². The van der Waals surface area contributed by atoms with Crippen molar-refractivity contribution in [1.29, 1.82) is 0 Å². The van der Waals surface area contributed by atoms with Gasteiger partial charge >= 0.3 is 12.4 Å². The molecule has 0 fully saturated rings. The molecule has 7 nitrogen and oxygen atoms in total. The van der Waals surface area contributed by atoms with Gasteiger partial charge < -0.3 is 15.4 Å². The van der Waals surface area contributed by atoms with Gasteiger partial charge in [0, 0.05) is 16.8 Å². The van der Waals surface area contributed by atoms with Gasteiger partial charge in [0.15, 0.2) is 5.13 Å². The second-order valence-electron chi connectivity index (χ2n) is 6.03. The van der Waals surface area contributed by atoms with Crippen LogP contribution in [0.2, 0.25) is 0 Å². The first kappa shape index (κ1) is 22.0. The molecule has 0 aliphatic carbocycles. The second-order valence-corrected chi connectivity index (χ2v) is 6.89. The number of hydrogen-bond donors (Lipinski definition) is 3. The minimum absolute atomic E-state index is 0.113. The second kappa shape index (κ2) is 9.43. The van der Waals surface area contributed by atoms with Crippen molar-refractivity contribution in [2.45, 2.75) is 12.8 Å². The summed E-state index contributed by atoms with van der Waals surface area (Å²) in [4.78, 5) is 28.2. The van der Waals surface area contributed by atoms with E-state index in [1.807, 2.05) is 0 Å². The number of carbonyl (C=O) groups is 2. The predicted octanol–water partition coefficient (Wildman–Crippen LogP) is 5.01. The van der Waals surface area contributed by atoms with Crippen LogP contribution in [0.3, 0.4) is 0 Å². The molecule has 0 spiro atoms. The number of aromatic nitrogens is 1. The average Bonchev–Trinajstić information content (AvgIpc) is 3.10. The van der Waals surface area contributed by atoms with Crippen LogP contribution >= 0.6 is 11.3 Å². The van der Waals surface area contributed by atoms with Crippen molar-refractivity contribution in [3.8, 4) is 5.75 Å². The maximum absolute atomic E-state index is 12.9. The number of nitrogens with one attached hydrogen (secondary N) is 3. The Morgan fingerprint density at radius 3 is 2.19 bits per heavy atom. The summed E-state index contributed by atoms with van der Waals surface area (Å²) in [5, 5.41) is 9.36. The van der Waals surface area contributed by atoms with Crippen LogP contribution in [0.1, 0.15) is 5.69 Å². The molecule has 31 heavy (non-hydrogen) atoms. The Hall–Kier alpha value is -3.67. The predicted molar refractivity (Wildman–Crippen MR) is 107 cm³/mol. The third-order valence-corrected chi connectivity index (χ3v) is 4.39. The molecular weight excluding hydrogens is 440 g/mol. The van der Waals surface area contributed by atoms with Gasteiger partial charge in [-0.2, -0.15) is 0 Å². The third kappa shape index (κ3) is 7.26. The standard InChI is InChI=1S/C19H14F4N4O3S/c20-11-1-3-13(4-2-11)25-17(29)27-18-26-14(10-31-18)9-16(28)24-12-5-7-15(8-6-12)30-19(21,22)23/h1-8,10H,9H2,(H,24,28)(H2,25,26,27,29). The van der Waals surface area contributed by atoms with Gasteiger partial charge in [-0.3, -0.25) is 10.1 Å². The summed E-state index contributed by atoms with van der Waals surface area (Å²) in [6.07, 6.45) is -4.91. The molecule has 1 aromatic heterocycles. The van der Waals surface area contributed by atoms with Crippen LogP contribution in [0, 0.1) is 5.82 Å². The van der Waals surface area contributed by atoms with Gasteiger partial charge in [0.05, 0.1) is 12.1 Å². The maximum Gasteiger partial charge on any atom is 0.573 e. The summed E-state index contributed by atoms with van der Waals surface area (Å²) in [6.45, 7) is 0. The van der Waals surface area contributed by atoms with E-state index in [0.29, 0.717) is 11.4 Å². The number of hydrogen-bond acceptors (Lipinski definition) is 5. The fourth-order valence-corrected chi connectivity index (χ4v) is 3.05. The van der Waals surface area contributed by atoms with E-state index in [-0.39, 0.29) is 17.2 Å². The Labute approximate surface area is 177 Å². The van der Waals surface area contributed by atoms with E-state index in [4.69, 9.17) is 0 Å². The smallest absolute Gasteiger partial charge is 0.406 e. The van der Waals surface area contributed by atoms with E-state index in [9.17, 15) is 27.2 Å². The highest BCUT2D eigenvalue weighted by Gasteiger charge is 2.30. The lowest BCUT2D eigenvalue weighted by molar-refractivity contribution is -0.274. The molecule has 3 amide bonds. The average molecular weight is 454 g/mol. The molecule has 3 aromatic rings. The van der Waals surface area contributed by atoms with E-state index in [0.717, 1.165) is 23.5 Å². The maximum atomic E-state index is 12.9. The molecule has 0 radical (unpaired) electrons. The molecule has 0 unspecified atom stereocenters. The topological polar surface area (TPSA) is 92.4 Å². The van der Waals surface area contributed by atoms with Gasteiger partial charge in [-0.1, -0.05) is 0 Å². The molecule has 0 aliphatic heterocycles. The summed E-state index contributed by atoms with van der Waals surface area (Å²) in [5.41, 5.74) is 1.06. The number of carbonyl (C=O) groups excluding carboxylic acids is 2. The van der Waals surface area contributed by atoms with Gasteiger partial charge in [-0.25, -0.2) is 14.2 Å². The molecular formula is C19H14F4N4O3S. The lowest BCUT2D eigenvalue weighted by Gasteiger charge is -2.09. The fourth-order valence-electron chi connectivity index (χ4n) is 2.35. The number of thiazole rings is 1. The summed E-state index contributed by atoms with van der Waals surface area (Å²) in [5.74, 6) is -1.28. The summed E-state index contributed by atoms with van der Waals surface area (Å²) in [6, 6.07) is 9.31. The van der Waals surface area contributed by atoms with Gasteiger partial charge in [0.2, 0.25) is 5.91 Å². The van der Waals surface area contributed by atoms with Gasteiger partial charge in [-0.15, -0.1) is 24.5 Å². The van der Waals surface area contributed by atoms with Crippen LogP contribution in [0.15, 0.2) is 53.9 Å². The van der Waals surface area contributed by atoms with Crippen molar-refractivity contribution in [3.63, 3.8) is 0 Å². The highest BCUT2D eigenvalue weighted by molar-refractivity contribution is 7.14. The highest BCUT2D eigenvalue weighted by atomic mass is 32.1. The number of ether oxygens (including phenoxy) is 1. The quantitative estimate of drug-likeness (QED) is 0.457. The van der Waals surface area contributed by atoms with Crippen molar-refractivity contribution < 1.29 is 31.9 Å². The Bertz CT molecular complexity index is 1050. The first-order valence-electron chi connectivity index (χ1n) is 8.60. The van der Waals surface area contributed by atoms with Crippen molar-refractivity contribution in [3.05, 3.63) is 65.4 Å². The molecule has 0 aliphatic rings. The van der Waals surface area contributed by atoms with E-state index < -0.39 is 29.9 Å². The first-order valence-corrected chi connectivity index (χ1v) is 9.48. The van der Waals surface area contributed by atoms with E-state index >= 15 is 0 Å². The van der Waals surface area contributed by atoms with Crippen molar-refractivity contribution >= 4 is 39.8 Å². The number of benzene rings is 2. The molecule has 0 bridgehead atoms. The Balaban J connectivity index is 1.49. The van der Waals surface area contributed by atoms with Gasteiger partial charge in [0.1, 0.15) is 11.6 Å². The lowest BCUT2D eigenvalue weighted by atomic mass is 10.2. The Morgan fingerprint density at radius 2 is 1.55 bits per heavy atom. The molecule has 1 heterocycles. The zero-order chi connectivity index (χ0) is 22.4. The molecule has 12 heteroatoms. The molecule has 0 saturated heterocycles. The minimum atomic E-state index is -4.79. The zero-order valence-corrected chi connectivity index (χ0v) is 16.3. The molecule has 2 aromatic carbocycles. The minimum Gasteiger partial charge on any atom is -0.406 e. The van der Waals surface area contributed by atoms with Crippen LogP contribution < -0.4 is 20.7 Å². The number of alkyl halides is 3. The number of rotatable bonds is 6. The summed E-state index contributed by atoms with van der Waals surface area (Å²) in [7, 11) is 0. The molecule has 162 valence electrons. The molecule has 3 N–H and O–H groups in total. The normalized spacial score (nSPS) is 11.0. The third-order valence-electron chi connectivity index (χ3n) is 3.59. The molecule has 0 saturated carbocycles. The largest absolute Gasteiger partial charge is 0.573 e. The SMILES string of the molecule is O=C(Cc1csc(NC(=O)Nc2ccc(F)cc2)n1)Nc1ccc(OC(F)(F)F)cc1. The van der Waals surface area contributed by atoms with Crippen LogP contribution in [0.5, 0.6) is 5.75 Å². The molecule has 0 atom stereocenters. The molecule has 3 rings (SSSR count). The number of halogens is 4. The van der Waals surface area contributed by atoms with E-state index in [2.05, 4.69) is 25.7 Å². The van der Waals surface area contributed by atoms with Crippen LogP contribution in [0.4, 0.5) is 38.9 Å². The van der Waals surface area contributed by atoms with Crippen molar-refractivity contribution in [1.82, 2.24) is 4.98 Å². The summed E-state index contributed by atoms with van der Waals surface area (Å²) >= 11 is 1.10. The number of anilines is 3. The zero-order valence-electron chi connectivity index (χ0n) is 15.5. The van der Waals surface area contributed by atoms with Crippen LogP contribution in [0.25, 0.3) is 0 Å².